The van der Waals surface area contributed by atoms with Crippen molar-refractivity contribution in [3.63, 3.8) is 0 Å². The van der Waals surface area contributed by atoms with Crippen LogP contribution in [0.2, 0.25) is 0 Å². The molecule has 6 N–H and O–H groups in total. The van der Waals surface area contributed by atoms with Crippen molar-refractivity contribution in [2.75, 3.05) is 25.0 Å². The van der Waals surface area contributed by atoms with Crippen LogP contribution in [0.4, 0.5) is 5.82 Å². The predicted molar refractivity (Wildman–Crippen MR) is 73.7 cm³/mol. The van der Waals surface area contributed by atoms with Gasteiger partial charge in [0.25, 0.3) is 0 Å². The number of rotatable bonds is 5. The Balaban J connectivity index is 2.28. The van der Waals surface area contributed by atoms with Crippen LogP contribution in [0.1, 0.15) is 13.2 Å². The van der Waals surface area contributed by atoms with Crippen LogP contribution in [0.25, 0.3) is 0 Å². The zero-order valence-electron chi connectivity index (χ0n) is 11.6. The highest BCUT2D eigenvalue weighted by atomic mass is 16.6. The van der Waals surface area contributed by atoms with E-state index < -0.39 is 36.3 Å². The molecule has 0 aliphatic carbocycles. The van der Waals surface area contributed by atoms with Crippen LogP contribution >= 0.6 is 0 Å². The molecular weight excluding hydrogens is 280 g/mol. The Morgan fingerprint density at radius 3 is 2.86 bits per heavy atom. The molecule has 21 heavy (non-hydrogen) atoms. The normalized spacial score (nSPS) is 32.3. The molecule has 1 saturated heterocycles. The first-order valence-corrected chi connectivity index (χ1v) is 6.61. The van der Waals surface area contributed by atoms with Gasteiger partial charge in [0, 0.05) is 19.3 Å². The average molecular weight is 300 g/mol. The third kappa shape index (κ3) is 2.92. The summed E-state index contributed by atoms with van der Waals surface area (Å²) < 4.78 is 6.43. The van der Waals surface area contributed by atoms with Crippen molar-refractivity contribution in [1.82, 2.24) is 9.55 Å². The lowest BCUT2D eigenvalue weighted by atomic mass is 9.96. The number of aliphatic hydroxyl groups is 3. The number of nitrogens with two attached hydrogens (primary N) is 1. The summed E-state index contributed by atoms with van der Waals surface area (Å²) in [7, 11) is 0. The van der Waals surface area contributed by atoms with E-state index in [1.165, 1.54) is 19.2 Å². The van der Waals surface area contributed by atoms with Crippen molar-refractivity contribution >= 4 is 5.82 Å². The fraction of sp³-hybridized carbons (Fsp3) is 0.667. The summed E-state index contributed by atoms with van der Waals surface area (Å²) in [6, 6.07) is 1.54. The summed E-state index contributed by atoms with van der Waals surface area (Å²) >= 11 is 0. The van der Waals surface area contributed by atoms with Crippen molar-refractivity contribution in [2.24, 2.45) is 5.73 Å². The molecule has 4 atom stereocenters. The van der Waals surface area contributed by atoms with Crippen LogP contribution in [0.5, 0.6) is 0 Å². The number of nitrogens with one attached hydrogen (secondary N) is 1. The van der Waals surface area contributed by atoms with Crippen LogP contribution < -0.4 is 16.7 Å². The lowest BCUT2D eigenvalue weighted by Crippen LogP contribution is -2.46. The van der Waals surface area contributed by atoms with Gasteiger partial charge in [0.2, 0.25) is 0 Å². The fourth-order valence-electron chi connectivity index (χ4n) is 2.28. The summed E-state index contributed by atoms with van der Waals surface area (Å²) in [6.45, 7) is 1.74. The maximum Gasteiger partial charge on any atom is 0.351 e. The maximum absolute atomic E-state index is 12.0. The number of ether oxygens (including phenoxy) is 1. The molecule has 1 aromatic heterocycles. The fourth-order valence-corrected chi connectivity index (χ4v) is 2.28. The molecule has 9 heteroatoms. The molecule has 1 aliphatic rings. The zero-order chi connectivity index (χ0) is 15.6. The van der Waals surface area contributed by atoms with Crippen LogP contribution in [0, 0.1) is 0 Å². The molecule has 1 aliphatic heterocycles. The summed E-state index contributed by atoms with van der Waals surface area (Å²) in [4.78, 5) is 15.8. The Kier molecular flexibility index (Phi) is 4.59. The second-order valence-electron chi connectivity index (χ2n) is 5.10. The van der Waals surface area contributed by atoms with Crippen molar-refractivity contribution in [2.45, 2.75) is 31.0 Å². The average Bonchev–Trinajstić information content (AvgIpc) is 2.68. The molecule has 0 radical (unpaired) electrons. The van der Waals surface area contributed by atoms with E-state index in [1.807, 2.05) is 0 Å². The number of hydrogen-bond donors (Lipinski definition) is 5. The van der Waals surface area contributed by atoms with E-state index in [0.717, 1.165) is 4.57 Å². The number of aliphatic hydroxyl groups excluding tert-OH is 2. The first-order chi connectivity index (χ1) is 9.91. The molecule has 0 amide bonds. The van der Waals surface area contributed by atoms with Gasteiger partial charge in [0.15, 0.2) is 6.23 Å². The van der Waals surface area contributed by atoms with Gasteiger partial charge in [-0.25, -0.2) is 4.79 Å². The van der Waals surface area contributed by atoms with E-state index in [-0.39, 0.29) is 0 Å². The summed E-state index contributed by atoms with van der Waals surface area (Å²) in [5.74, 6) is 0.360. The van der Waals surface area contributed by atoms with Crippen LogP contribution in [0.3, 0.4) is 0 Å². The van der Waals surface area contributed by atoms with Gasteiger partial charge in [0.05, 0.1) is 6.61 Å². The lowest BCUT2D eigenvalue weighted by Gasteiger charge is -2.27. The molecule has 9 nitrogen and oxygen atoms in total. The molecule has 0 spiro atoms. The molecular formula is C12H20N4O5. The highest BCUT2D eigenvalue weighted by Crippen LogP contribution is 2.37. The Morgan fingerprint density at radius 2 is 2.33 bits per heavy atom. The van der Waals surface area contributed by atoms with Crippen molar-refractivity contribution < 1.29 is 20.1 Å². The predicted octanol–water partition coefficient (Wildman–Crippen LogP) is -2.38. The van der Waals surface area contributed by atoms with Gasteiger partial charge in [-0.3, -0.25) is 4.57 Å². The SMILES string of the molecule is C[C@]1(O)C(n2ccc(NCCN)nc2=O)O[C@H](CO)[C@H]1O. The topological polar surface area (TPSA) is 143 Å². The Hall–Kier alpha value is -1.52. The van der Waals surface area contributed by atoms with E-state index in [1.54, 1.807) is 0 Å². The minimum Gasteiger partial charge on any atom is -0.394 e. The maximum atomic E-state index is 12.0. The zero-order valence-corrected chi connectivity index (χ0v) is 11.6. The highest BCUT2D eigenvalue weighted by molar-refractivity contribution is 5.31. The quantitative estimate of drug-likeness (QED) is 0.405. The van der Waals surface area contributed by atoms with Crippen molar-refractivity contribution in [1.29, 1.82) is 0 Å². The molecule has 2 rings (SSSR count). The molecule has 2 heterocycles. The van der Waals surface area contributed by atoms with Gasteiger partial charge >= 0.3 is 5.69 Å². The van der Waals surface area contributed by atoms with Gasteiger partial charge in [-0.15, -0.1) is 0 Å². The monoisotopic (exact) mass is 300 g/mol. The minimum atomic E-state index is -1.72. The first kappa shape index (κ1) is 15.9. The second-order valence-corrected chi connectivity index (χ2v) is 5.10. The highest BCUT2D eigenvalue weighted by Gasteiger charge is 2.53. The largest absolute Gasteiger partial charge is 0.394 e. The lowest BCUT2D eigenvalue weighted by molar-refractivity contribution is -0.0986. The Morgan fingerprint density at radius 1 is 1.62 bits per heavy atom. The number of aromatic nitrogens is 2. The number of nitrogens with zero attached hydrogens (tertiary/aromatic N) is 2. The van der Waals surface area contributed by atoms with Gasteiger partial charge in [-0.1, -0.05) is 0 Å². The Labute approximate surface area is 121 Å². The summed E-state index contributed by atoms with van der Waals surface area (Å²) in [5.41, 5.74) is 2.98. The van der Waals surface area contributed by atoms with Gasteiger partial charge in [-0.05, 0) is 13.0 Å². The van der Waals surface area contributed by atoms with E-state index in [9.17, 15) is 15.0 Å². The van der Waals surface area contributed by atoms with E-state index in [2.05, 4.69) is 10.3 Å². The second kappa shape index (κ2) is 6.08. The molecule has 0 aromatic carbocycles. The van der Waals surface area contributed by atoms with Crippen molar-refractivity contribution in [3.05, 3.63) is 22.7 Å². The van der Waals surface area contributed by atoms with Crippen molar-refractivity contribution in [3.8, 4) is 0 Å². The first-order valence-electron chi connectivity index (χ1n) is 6.61. The number of hydrogen-bond acceptors (Lipinski definition) is 8. The third-order valence-corrected chi connectivity index (χ3v) is 3.47. The summed E-state index contributed by atoms with van der Waals surface area (Å²) in [5, 5.41) is 32.2. The van der Waals surface area contributed by atoms with E-state index in [4.69, 9.17) is 15.6 Å². The van der Waals surface area contributed by atoms with Gasteiger partial charge < -0.3 is 31.1 Å². The van der Waals surface area contributed by atoms with Gasteiger partial charge in [-0.2, -0.15) is 4.98 Å². The van der Waals surface area contributed by atoms with Crippen LogP contribution in [0.15, 0.2) is 17.1 Å². The minimum absolute atomic E-state index is 0.360. The molecule has 1 fully saturated rings. The standard InChI is InChI=1S/C12H20N4O5/c1-12(20)9(18)7(6-17)21-10(12)16-5-2-8(14-4-3-13)15-11(16)19/h2,5,7,9-10,17-18,20H,3-4,6,13H2,1H3,(H,14,15,19)/t7-,9-,10?,12-/m1/s1. The molecule has 0 saturated carbocycles. The Bertz CT molecular complexity index is 547. The molecule has 0 bridgehead atoms. The number of anilines is 1. The third-order valence-electron chi connectivity index (χ3n) is 3.47. The summed E-state index contributed by atoms with van der Waals surface area (Å²) in [6.07, 6.45) is -2.01. The smallest absolute Gasteiger partial charge is 0.351 e. The van der Waals surface area contributed by atoms with E-state index in [0.29, 0.717) is 18.9 Å². The molecule has 118 valence electrons. The molecule has 1 unspecified atom stereocenters. The van der Waals surface area contributed by atoms with Crippen LogP contribution in [-0.2, 0) is 4.74 Å². The van der Waals surface area contributed by atoms with E-state index >= 15 is 0 Å². The van der Waals surface area contributed by atoms with Gasteiger partial charge in [0.1, 0.15) is 23.6 Å². The molecule has 1 aromatic rings. The van der Waals surface area contributed by atoms with Crippen LogP contribution in [-0.4, -0.2) is 62.4 Å².